The van der Waals surface area contributed by atoms with Gasteiger partial charge < -0.3 is 9.84 Å². The summed E-state index contributed by atoms with van der Waals surface area (Å²) in [5.74, 6) is -1.17. The first kappa shape index (κ1) is 16.2. The van der Waals surface area contributed by atoms with E-state index in [-0.39, 0.29) is 6.61 Å². The van der Waals surface area contributed by atoms with Crippen molar-refractivity contribution in [2.24, 2.45) is 5.10 Å². The zero-order valence-electron chi connectivity index (χ0n) is 12.3. The van der Waals surface area contributed by atoms with Gasteiger partial charge in [0.05, 0.1) is 6.21 Å². The predicted molar refractivity (Wildman–Crippen MR) is 85.0 cm³/mol. The van der Waals surface area contributed by atoms with Crippen LogP contribution in [0.3, 0.4) is 0 Å². The second kappa shape index (κ2) is 8.33. The highest BCUT2D eigenvalue weighted by Gasteiger charge is 2.17. The van der Waals surface area contributed by atoms with E-state index in [9.17, 15) is 9.59 Å². The number of amides is 1. The lowest BCUT2D eigenvalue weighted by molar-refractivity contribution is -0.138. The van der Waals surface area contributed by atoms with Gasteiger partial charge >= 0.3 is 12.1 Å². The number of hydrazone groups is 1. The first-order chi connectivity index (χ1) is 11.1. The Kier molecular flexibility index (Phi) is 5.88. The summed E-state index contributed by atoms with van der Waals surface area (Å²) >= 11 is 0. The third kappa shape index (κ3) is 5.62. The Morgan fingerprint density at radius 1 is 1.04 bits per heavy atom. The Morgan fingerprint density at radius 2 is 1.65 bits per heavy atom. The second-order valence-electron chi connectivity index (χ2n) is 4.65. The fourth-order valence-corrected chi connectivity index (χ4v) is 1.75. The van der Waals surface area contributed by atoms with Crippen molar-refractivity contribution in [2.45, 2.75) is 6.61 Å². The summed E-state index contributed by atoms with van der Waals surface area (Å²) in [6, 6.07) is 18.2. The zero-order valence-corrected chi connectivity index (χ0v) is 12.3. The maximum absolute atomic E-state index is 12.0. The lowest BCUT2D eigenvalue weighted by Crippen LogP contribution is -2.31. The molecule has 0 unspecified atom stereocenters. The van der Waals surface area contributed by atoms with Gasteiger partial charge in [-0.15, -0.1) is 0 Å². The van der Waals surface area contributed by atoms with E-state index in [0.29, 0.717) is 0 Å². The Balaban J connectivity index is 2.00. The Morgan fingerprint density at radius 3 is 2.26 bits per heavy atom. The molecule has 0 atom stereocenters. The van der Waals surface area contributed by atoms with Crippen molar-refractivity contribution in [3.63, 3.8) is 0 Å². The van der Waals surface area contributed by atoms with Crippen molar-refractivity contribution >= 4 is 18.3 Å². The Bertz CT molecular complexity index is 672. The maximum atomic E-state index is 12.0. The third-order valence-electron chi connectivity index (χ3n) is 2.85. The topological polar surface area (TPSA) is 79.2 Å². The molecule has 0 bridgehead atoms. The SMILES string of the molecule is O=C(O)CN(/N=C/c1ccccc1)C(=O)OCc1ccccc1. The molecular formula is C17H16N2O4. The fraction of sp³-hybridized carbons (Fsp3) is 0.118. The van der Waals surface area contributed by atoms with E-state index < -0.39 is 18.6 Å². The van der Waals surface area contributed by atoms with Gasteiger partial charge in [-0.25, -0.2) is 4.79 Å². The smallest absolute Gasteiger partial charge is 0.431 e. The molecular weight excluding hydrogens is 296 g/mol. The van der Waals surface area contributed by atoms with E-state index in [4.69, 9.17) is 9.84 Å². The number of nitrogens with zero attached hydrogens (tertiary/aromatic N) is 2. The predicted octanol–water partition coefficient (Wildman–Crippen LogP) is 2.74. The fourth-order valence-electron chi connectivity index (χ4n) is 1.75. The first-order valence-electron chi connectivity index (χ1n) is 6.94. The largest absolute Gasteiger partial charge is 0.480 e. The van der Waals surface area contributed by atoms with Crippen LogP contribution in [0.5, 0.6) is 0 Å². The molecule has 0 radical (unpaired) electrons. The van der Waals surface area contributed by atoms with Crippen LogP contribution in [-0.2, 0) is 16.1 Å². The van der Waals surface area contributed by atoms with Crippen LogP contribution in [0.2, 0.25) is 0 Å². The molecule has 0 aliphatic carbocycles. The molecule has 23 heavy (non-hydrogen) atoms. The first-order valence-corrected chi connectivity index (χ1v) is 6.94. The monoisotopic (exact) mass is 312 g/mol. The van der Waals surface area contributed by atoms with Gasteiger partial charge in [-0.1, -0.05) is 60.7 Å². The average molecular weight is 312 g/mol. The molecule has 118 valence electrons. The number of rotatable bonds is 6. The van der Waals surface area contributed by atoms with E-state index in [0.717, 1.165) is 16.1 Å². The highest BCUT2D eigenvalue weighted by atomic mass is 16.6. The molecule has 0 aromatic heterocycles. The minimum Gasteiger partial charge on any atom is -0.480 e. The van der Waals surface area contributed by atoms with Gasteiger partial charge in [0.1, 0.15) is 13.2 Å². The van der Waals surface area contributed by atoms with Crippen molar-refractivity contribution in [1.82, 2.24) is 5.01 Å². The zero-order chi connectivity index (χ0) is 16.5. The molecule has 0 saturated carbocycles. The van der Waals surface area contributed by atoms with Gasteiger partial charge in [0.2, 0.25) is 0 Å². The number of carbonyl (C=O) groups is 2. The number of carbonyl (C=O) groups excluding carboxylic acids is 1. The number of aliphatic carboxylic acids is 1. The molecule has 0 saturated heterocycles. The third-order valence-corrected chi connectivity index (χ3v) is 2.85. The van der Waals surface area contributed by atoms with Crippen LogP contribution < -0.4 is 0 Å². The standard InChI is InChI=1S/C17H16N2O4/c20-16(21)12-19(18-11-14-7-3-1-4-8-14)17(22)23-13-15-9-5-2-6-10-15/h1-11H,12-13H2,(H,20,21)/b18-11+. The van der Waals surface area contributed by atoms with Gasteiger partial charge in [0.25, 0.3) is 0 Å². The molecule has 0 spiro atoms. The molecule has 0 aliphatic heterocycles. The number of benzene rings is 2. The summed E-state index contributed by atoms with van der Waals surface area (Å²) in [4.78, 5) is 22.9. The van der Waals surface area contributed by atoms with Gasteiger partial charge in [0, 0.05) is 0 Å². The summed E-state index contributed by atoms with van der Waals surface area (Å²) in [6.45, 7) is -0.520. The second-order valence-corrected chi connectivity index (χ2v) is 4.65. The van der Waals surface area contributed by atoms with Crippen molar-refractivity contribution in [2.75, 3.05) is 6.54 Å². The normalized spacial score (nSPS) is 10.4. The van der Waals surface area contributed by atoms with Gasteiger partial charge in [-0.05, 0) is 11.1 Å². The summed E-state index contributed by atoms with van der Waals surface area (Å²) in [6.07, 6.45) is 0.593. The van der Waals surface area contributed by atoms with Crippen molar-refractivity contribution in [3.8, 4) is 0 Å². The molecule has 1 amide bonds. The van der Waals surface area contributed by atoms with E-state index in [2.05, 4.69) is 5.10 Å². The maximum Gasteiger partial charge on any atom is 0.431 e. The number of hydrogen-bond donors (Lipinski definition) is 1. The number of ether oxygens (including phenoxy) is 1. The molecule has 0 aliphatic rings. The number of carboxylic acid groups (broad SMARTS) is 1. The molecule has 1 N–H and O–H groups in total. The van der Waals surface area contributed by atoms with Gasteiger partial charge in [0.15, 0.2) is 0 Å². The van der Waals surface area contributed by atoms with E-state index in [1.54, 1.807) is 12.1 Å². The molecule has 0 heterocycles. The van der Waals surface area contributed by atoms with Gasteiger partial charge in [-0.2, -0.15) is 10.1 Å². The quantitative estimate of drug-likeness (QED) is 0.657. The average Bonchev–Trinajstić information content (AvgIpc) is 2.58. The van der Waals surface area contributed by atoms with Crippen LogP contribution in [0.4, 0.5) is 4.79 Å². The summed E-state index contributed by atoms with van der Waals surface area (Å²) in [7, 11) is 0. The van der Waals surface area contributed by atoms with Crippen molar-refractivity contribution < 1.29 is 19.4 Å². The van der Waals surface area contributed by atoms with Crippen LogP contribution in [0.25, 0.3) is 0 Å². The molecule has 6 heteroatoms. The van der Waals surface area contributed by atoms with E-state index in [1.165, 1.54) is 6.21 Å². The highest BCUT2D eigenvalue weighted by Crippen LogP contribution is 2.04. The molecule has 2 aromatic carbocycles. The summed E-state index contributed by atoms with van der Waals surface area (Å²) in [5.41, 5.74) is 1.56. The van der Waals surface area contributed by atoms with Crippen molar-refractivity contribution in [3.05, 3.63) is 71.8 Å². The van der Waals surface area contributed by atoms with Crippen LogP contribution >= 0.6 is 0 Å². The van der Waals surface area contributed by atoms with Crippen LogP contribution in [0.15, 0.2) is 65.8 Å². The van der Waals surface area contributed by atoms with E-state index in [1.807, 2.05) is 48.5 Å². The number of carboxylic acids is 1. The Labute approximate surface area is 133 Å². The lowest BCUT2D eigenvalue weighted by atomic mass is 10.2. The van der Waals surface area contributed by atoms with Crippen LogP contribution in [-0.4, -0.2) is 34.9 Å². The molecule has 2 rings (SSSR count). The Hall–Kier alpha value is -3.15. The van der Waals surface area contributed by atoms with E-state index >= 15 is 0 Å². The molecule has 2 aromatic rings. The molecule has 6 nitrogen and oxygen atoms in total. The number of hydrogen-bond acceptors (Lipinski definition) is 4. The van der Waals surface area contributed by atoms with Crippen LogP contribution in [0.1, 0.15) is 11.1 Å². The van der Waals surface area contributed by atoms with Crippen LogP contribution in [0, 0.1) is 0 Å². The van der Waals surface area contributed by atoms with Gasteiger partial charge in [-0.3, -0.25) is 4.79 Å². The minimum absolute atomic E-state index is 0.0522. The summed E-state index contributed by atoms with van der Waals surface area (Å²) in [5, 5.41) is 13.6. The minimum atomic E-state index is -1.17. The highest BCUT2D eigenvalue weighted by molar-refractivity contribution is 5.82. The molecule has 0 fully saturated rings. The van der Waals surface area contributed by atoms with Crippen molar-refractivity contribution in [1.29, 1.82) is 0 Å². The summed E-state index contributed by atoms with van der Waals surface area (Å²) < 4.78 is 5.09. The lowest BCUT2D eigenvalue weighted by Gasteiger charge is -2.14.